The molecular weight excluding hydrogens is 338 g/mol. The van der Waals surface area contributed by atoms with Gasteiger partial charge in [0, 0.05) is 26.7 Å². The first kappa shape index (κ1) is 18.6. The molecule has 2 amide bonds. The number of hydrogen-bond acceptors (Lipinski definition) is 6. The number of rotatable bonds is 3. The molecule has 9 nitrogen and oxygen atoms in total. The third-order valence-electron chi connectivity index (χ3n) is 4.57. The molecule has 0 N–H and O–H groups in total. The molecular formula is C17H27N5O4. The molecule has 1 aromatic rings. The van der Waals surface area contributed by atoms with Crippen LogP contribution in [0, 0.1) is 0 Å². The SMILES string of the molecule is COCC(=O)N1CCC[C@H]1c1nnc2n1CCN(C(=O)OC(C)(C)C)C2. The van der Waals surface area contributed by atoms with Crippen molar-refractivity contribution in [1.82, 2.24) is 24.6 Å². The van der Waals surface area contributed by atoms with Gasteiger partial charge in [0.05, 0.1) is 12.6 Å². The molecule has 144 valence electrons. The summed E-state index contributed by atoms with van der Waals surface area (Å²) in [6, 6.07) is -0.0769. The number of likely N-dealkylation sites (tertiary alicyclic amines) is 1. The van der Waals surface area contributed by atoms with Crippen molar-refractivity contribution in [2.45, 2.75) is 58.3 Å². The first-order chi connectivity index (χ1) is 12.3. The van der Waals surface area contributed by atoms with Crippen LogP contribution in [0.4, 0.5) is 4.79 Å². The summed E-state index contributed by atoms with van der Waals surface area (Å²) in [7, 11) is 1.52. The van der Waals surface area contributed by atoms with Crippen molar-refractivity contribution in [2.24, 2.45) is 0 Å². The summed E-state index contributed by atoms with van der Waals surface area (Å²) in [5, 5.41) is 8.60. The van der Waals surface area contributed by atoms with Crippen LogP contribution in [0.15, 0.2) is 0 Å². The summed E-state index contributed by atoms with van der Waals surface area (Å²) < 4.78 is 12.5. The fourth-order valence-corrected chi connectivity index (χ4v) is 3.45. The Morgan fingerprint density at radius 1 is 1.19 bits per heavy atom. The third-order valence-corrected chi connectivity index (χ3v) is 4.57. The van der Waals surface area contributed by atoms with E-state index in [1.807, 2.05) is 30.2 Å². The Morgan fingerprint density at radius 2 is 1.96 bits per heavy atom. The lowest BCUT2D eigenvalue weighted by Gasteiger charge is -2.31. The van der Waals surface area contributed by atoms with Gasteiger partial charge in [-0.3, -0.25) is 9.69 Å². The Bertz CT molecular complexity index is 681. The Morgan fingerprint density at radius 3 is 2.65 bits per heavy atom. The lowest BCUT2D eigenvalue weighted by Crippen LogP contribution is -2.42. The zero-order valence-corrected chi connectivity index (χ0v) is 15.9. The van der Waals surface area contributed by atoms with Crippen molar-refractivity contribution in [1.29, 1.82) is 0 Å². The highest BCUT2D eigenvalue weighted by Gasteiger charge is 2.36. The number of carbonyl (C=O) groups excluding carboxylic acids is 2. The molecule has 0 aliphatic carbocycles. The number of carbonyl (C=O) groups is 2. The monoisotopic (exact) mass is 365 g/mol. The van der Waals surface area contributed by atoms with Crippen LogP contribution >= 0.6 is 0 Å². The highest BCUT2D eigenvalue weighted by atomic mass is 16.6. The molecule has 0 aromatic carbocycles. The summed E-state index contributed by atoms with van der Waals surface area (Å²) in [5.41, 5.74) is -0.528. The Hall–Kier alpha value is -2.16. The van der Waals surface area contributed by atoms with Gasteiger partial charge in [-0.2, -0.15) is 0 Å². The number of methoxy groups -OCH3 is 1. The smallest absolute Gasteiger partial charge is 0.410 e. The van der Waals surface area contributed by atoms with Gasteiger partial charge in [0.2, 0.25) is 5.91 Å². The maximum atomic E-state index is 12.3. The predicted octanol–water partition coefficient (Wildman–Crippen LogP) is 1.34. The van der Waals surface area contributed by atoms with Crippen LogP contribution in [-0.4, -0.2) is 69.0 Å². The van der Waals surface area contributed by atoms with E-state index in [1.165, 1.54) is 7.11 Å². The van der Waals surface area contributed by atoms with Gasteiger partial charge in [-0.05, 0) is 33.6 Å². The van der Waals surface area contributed by atoms with Crippen LogP contribution in [-0.2, 0) is 27.4 Å². The molecule has 1 fully saturated rings. The Balaban J connectivity index is 1.73. The second-order valence-corrected chi connectivity index (χ2v) is 7.71. The van der Waals surface area contributed by atoms with E-state index in [9.17, 15) is 9.59 Å². The first-order valence-corrected chi connectivity index (χ1v) is 8.98. The number of ether oxygens (including phenoxy) is 2. The zero-order chi connectivity index (χ0) is 18.9. The highest BCUT2D eigenvalue weighted by molar-refractivity contribution is 5.78. The summed E-state index contributed by atoms with van der Waals surface area (Å²) in [5.74, 6) is 1.49. The molecule has 26 heavy (non-hydrogen) atoms. The molecule has 3 rings (SSSR count). The van der Waals surface area contributed by atoms with Crippen LogP contribution in [0.1, 0.15) is 51.3 Å². The molecule has 3 heterocycles. The number of nitrogens with zero attached hydrogens (tertiary/aromatic N) is 5. The molecule has 0 unspecified atom stereocenters. The van der Waals surface area contributed by atoms with Crippen LogP contribution in [0.2, 0.25) is 0 Å². The molecule has 1 aromatic heterocycles. The molecule has 0 saturated carbocycles. The standard InChI is InChI=1S/C17H27N5O4/c1-17(2,3)26-16(24)20-8-9-22-13(10-20)18-19-15(22)12-6-5-7-21(12)14(23)11-25-4/h12H,5-11H2,1-4H3/t12-/m0/s1. The summed E-state index contributed by atoms with van der Waals surface area (Å²) in [6.07, 6.45) is 1.46. The predicted molar refractivity (Wildman–Crippen MR) is 92.2 cm³/mol. The van der Waals surface area contributed by atoms with E-state index < -0.39 is 5.60 Å². The van der Waals surface area contributed by atoms with Crippen LogP contribution in [0.3, 0.4) is 0 Å². The average molecular weight is 365 g/mol. The van der Waals surface area contributed by atoms with Crippen molar-refractivity contribution in [3.8, 4) is 0 Å². The minimum atomic E-state index is -0.528. The van der Waals surface area contributed by atoms with E-state index in [-0.39, 0.29) is 24.6 Å². The van der Waals surface area contributed by atoms with Crippen molar-refractivity contribution in [3.05, 3.63) is 11.6 Å². The van der Waals surface area contributed by atoms with E-state index in [0.717, 1.165) is 24.5 Å². The molecule has 1 atom stereocenters. The minimum absolute atomic E-state index is 0.0291. The normalized spacial score (nSPS) is 20.2. The van der Waals surface area contributed by atoms with Crippen LogP contribution < -0.4 is 0 Å². The Kier molecular flexibility index (Phi) is 5.17. The van der Waals surface area contributed by atoms with Crippen LogP contribution in [0.25, 0.3) is 0 Å². The molecule has 2 aliphatic heterocycles. The van der Waals surface area contributed by atoms with Gasteiger partial charge in [0.15, 0.2) is 11.6 Å². The number of aromatic nitrogens is 3. The second kappa shape index (κ2) is 7.22. The maximum absolute atomic E-state index is 12.3. The number of fused-ring (bicyclic) bond motifs is 1. The first-order valence-electron chi connectivity index (χ1n) is 8.98. The van der Waals surface area contributed by atoms with Gasteiger partial charge >= 0.3 is 6.09 Å². The van der Waals surface area contributed by atoms with E-state index in [4.69, 9.17) is 9.47 Å². The molecule has 2 aliphatic rings. The average Bonchev–Trinajstić information content (AvgIpc) is 3.19. The Labute approximate surface area is 153 Å². The maximum Gasteiger partial charge on any atom is 0.410 e. The molecule has 9 heteroatoms. The van der Waals surface area contributed by atoms with E-state index in [0.29, 0.717) is 26.2 Å². The molecule has 1 saturated heterocycles. The second-order valence-electron chi connectivity index (χ2n) is 7.71. The van der Waals surface area contributed by atoms with Gasteiger partial charge in [0.1, 0.15) is 12.2 Å². The summed E-state index contributed by atoms with van der Waals surface area (Å²) in [6.45, 7) is 7.82. The highest BCUT2D eigenvalue weighted by Crippen LogP contribution is 2.32. The van der Waals surface area contributed by atoms with Crippen molar-refractivity contribution in [2.75, 3.05) is 26.8 Å². The lowest BCUT2D eigenvalue weighted by atomic mass is 10.2. The topological polar surface area (TPSA) is 89.8 Å². The van der Waals surface area contributed by atoms with Crippen LogP contribution in [0.5, 0.6) is 0 Å². The van der Waals surface area contributed by atoms with Gasteiger partial charge in [-0.15, -0.1) is 10.2 Å². The van der Waals surface area contributed by atoms with Gasteiger partial charge in [-0.1, -0.05) is 0 Å². The zero-order valence-electron chi connectivity index (χ0n) is 15.9. The number of hydrogen-bond donors (Lipinski definition) is 0. The summed E-state index contributed by atoms with van der Waals surface area (Å²) >= 11 is 0. The van der Waals surface area contributed by atoms with E-state index in [2.05, 4.69) is 10.2 Å². The quantitative estimate of drug-likeness (QED) is 0.803. The van der Waals surface area contributed by atoms with Gasteiger partial charge in [0.25, 0.3) is 0 Å². The third kappa shape index (κ3) is 3.82. The fraction of sp³-hybridized carbons (Fsp3) is 0.765. The lowest BCUT2D eigenvalue weighted by molar-refractivity contribution is -0.136. The van der Waals surface area contributed by atoms with Gasteiger partial charge in [-0.25, -0.2) is 4.79 Å². The van der Waals surface area contributed by atoms with E-state index in [1.54, 1.807) is 4.90 Å². The number of amides is 2. The molecule has 0 bridgehead atoms. The van der Waals surface area contributed by atoms with Crippen molar-refractivity contribution < 1.29 is 19.1 Å². The van der Waals surface area contributed by atoms with E-state index >= 15 is 0 Å². The molecule has 0 radical (unpaired) electrons. The minimum Gasteiger partial charge on any atom is -0.444 e. The van der Waals surface area contributed by atoms with Crippen molar-refractivity contribution >= 4 is 12.0 Å². The molecule has 0 spiro atoms. The van der Waals surface area contributed by atoms with Gasteiger partial charge < -0.3 is 18.9 Å². The van der Waals surface area contributed by atoms with Crippen molar-refractivity contribution in [3.63, 3.8) is 0 Å². The fourth-order valence-electron chi connectivity index (χ4n) is 3.45. The largest absolute Gasteiger partial charge is 0.444 e. The summed E-state index contributed by atoms with van der Waals surface area (Å²) in [4.78, 5) is 28.0.